The molecular weight excluding hydrogens is 424 g/mol. The Bertz CT molecular complexity index is 1050. The van der Waals surface area contributed by atoms with Gasteiger partial charge in [-0.2, -0.15) is 5.10 Å². The minimum absolute atomic E-state index is 0.0575. The highest BCUT2D eigenvalue weighted by molar-refractivity contribution is 5.95. The maximum absolute atomic E-state index is 13.1. The highest BCUT2D eigenvalue weighted by Gasteiger charge is 2.56. The van der Waals surface area contributed by atoms with Crippen molar-refractivity contribution in [3.63, 3.8) is 0 Å². The number of rotatable bonds is 9. The van der Waals surface area contributed by atoms with E-state index in [4.69, 9.17) is 10.5 Å². The van der Waals surface area contributed by atoms with Crippen LogP contribution >= 0.6 is 0 Å². The Morgan fingerprint density at radius 3 is 2.70 bits per heavy atom. The van der Waals surface area contributed by atoms with E-state index in [-0.39, 0.29) is 34.9 Å². The Kier molecular flexibility index (Phi) is 6.20. The molecule has 3 amide bonds. The first kappa shape index (κ1) is 22.9. The van der Waals surface area contributed by atoms with Crippen LogP contribution in [0.2, 0.25) is 0 Å². The Labute approximate surface area is 192 Å². The number of primary amides is 1. The van der Waals surface area contributed by atoms with Crippen LogP contribution in [0.25, 0.3) is 0 Å². The maximum atomic E-state index is 13.1. The summed E-state index contributed by atoms with van der Waals surface area (Å²) in [5, 5.41) is 7.28. The number of carbonyl (C=O) groups excluding carboxylic acids is 3. The van der Waals surface area contributed by atoms with Crippen molar-refractivity contribution in [2.75, 3.05) is 7.05 Å². The van der Waals surface area contributed by atoms with E-state index in [1.165, 1.54) is 4.90 Å². The number of nitrogens with zero attached hydrogens (tertiary/aromatic N) is 4. The summed E-state index contributed by atoms with van der Waals surface area (Å²) in [4.78, 5) is 42.0. The highest BCUT2D eigenvalue weighted by atomic mass is 16.5. The molecule has 2 fully saturated rings. The van der Waals surface area contributed by atoms with E-state index in [1.54, 1.807) is 36.3 Å². The quantitative estimate of drug-likeness (QED) is 0.534. The zero-order valence-electron chi connectivity index (χ0n) is 19.2. The lowest BCUT2D eigenvalue weighted by atomic mass is 9.52. The van der Waals surface area contributed by atoms with E-state index >= 15 is 0 Å². The molecule has 10 nitrogen and oxygen atoms in total. The van der Waals surface area contributed by atoms with Crippen molar-refractivity contribution in [2.45, 2.75) is 57.2 Å². The molecule has 0 aromatic carbocycles. The van der Waals surface area contributed by atoms with Gasteiger partial charge in [0.2, 0.25) is 18.2 Å². The van der Waals surface area contributed by atoms with Crippen LogP contribution in [0.5, 0.6) is 5.88 Å². The summed E-state index contributed by atoms with van der Waals surface area (Å²) in [5.41, 5.74) is 7.69. The van der Waals surface area contributed by atoms with Gasteiger partial charge in [-0.1, -0.05) is 0 Å². The van der Waals surface area contributed by atoms with Crippen molar-refractivity contribution in [1.82, 2.24) is 25.0 Å². The number of pyridine rings is 1. The third-order valence-corrected chi connectivity index (χ3v) is 7.14. The normalized spacial score (nSPS) is 24.5. The number of hydrogen-bond acceptors (Lipinski definition) is 7. The molecule has 2 aliphatic carbocycles. The molecule has 2 aromatic heterocycles. The molecule has 10 heteroatoms. The SMILES string of the molecule is CNC(Cc1cnn(C)c1C)C(=O)N(C=O)C1CC2(CC(Oc3ncccc3C(N)=O)C2)C1. The van der Waals surface area contributed by atoms with Gasteiger partial charge in [0.15, 0.2) is 0 Å². The molecule has 0 radical (unpaired) electrons. The van der Waals surface area contributed by atoms with Crippen molar-refractivity contribution < 1.29 is 19.1 Å². The summed E-state index contributed by atoms with van der Waals surface area (Å²) in [5.74, 6) is -0.535. The lowest BCUT2D eigenvalue weighted by Gasteiger charge is -2.58. The topological polar surface area (TPSA) is 132 Å². The van der Waals surface area contributed by atoms with Gasteiger partial charge in [-0.3, -0.25) is 24.0 Å². The fourth-order valence-corrected chi connectivity index (χ4v) is 5.06. The van der Waals surface area contributed by atoms with Gasteiger partial charge in [0.1, 0.15) is 11.7 Å². The van der Waals surface area contributed by atoms with Gasteiger partial charge in [0.25, 0.3) is 5.91 Å². The first-order valence-corrected chi connectivity index (χ1v) is 11.1. The summed E-state index contributed by atoms with van der Waals surface area (Å²) in [6, 6.07) is 2.63. The van der Waals surface area contributed by atoms with Gasteiger partial charge < -0.3 is 15.8 Å². The number of ether oxygens (including phenoxy) is 1. The lowest BCUT2D eigenvalue weighted by Crippen LogP contribution is -2.61. The predicted molar refractivity (Wildman–Crippen MR) is 119 cm³/mol. The van der Waals surface area contributed by atoms with Crippen LogP contribution in [-0.4, -0.2) is 63.1 Å². The number of aryl methyl sites for hydroxylation is 1. The number of hydrogen-bond donors (Lipinski definition) is 2. The van der Waals surface area contributed by atoms with E-state index in [9.17, 15) is 14.4 Å². The largest absolute Gasteiger partial charge is 0.474 e. The number of carbonyl (C=O) groups is 3. The fraction of sp³-hybridized carbons (Fsp3) is 0.522. The molecule has 0 bridgehead atoms. The highest BCUT2D eigenvalue weighted by Crippen LogP contribution is 2.58. The third kappa shape index (κ3) is 4.35. The number of aromatic nitrogens is 3. The van der Waals surface area contributed by atoms with Crippen molar-refractivity contribution in [3.8, 4) is 5.88 Å². The zero-order chi connectivity index (χ0) is 23.8. The fourth-order valence-electron chi connectivity index (χ4n) is 5.06. The summed E-state index contributed by atoms with van der Waals surface area (Å²) in [6.07, 6.45) is 7.49. The van der Waals surface area contributed by atoms with E-state index in [0.29, 0.717) is 12.8 Å². The minimum atomic E-state index is -0.573. The monoisotopic (exact) mass is 454 g/mol. The van der Waals surface area contributed by atoms with Gasteiger partial charge >= 0.3 is 0 Å². The van der Waals surface area contributed by atoms with Crippen LogP contribution in [0.1, 0.15) is 47.3 Å². The molecule has 2 heterocycles. The van der Waals surface area contributed by atoms with Crippen LogP contribution in [0.15, 0.2) is 24.5 Å². The second-order valence-electron chi connectivity index (χ2n) is 9.21. The third-order valence-electron chi connectivity index (χ3n) is 7.14. The molecule has 176 valence electrons. The number of nitrogens with two attached hydrogens (primary N) is 1. The van der Waals surface area contributed by atoms with E-state index in [2.05, 4.69) is 15.4 Å². The Morgan fingerprint density at radius 2 is 2.12 bits per heavy atom. The van der Waals surface area contributed by atoms with Crippen LogP contribution in [-0.2, 0) is 23.1 Å². The first-order valence-electron chi connectivity index (χ1n) is 11.1. The first-order chi connectivity index (χ1) is 15.8. The number of likely N-dealkylation sites (N-methyl/N-ethyl adjacent to an activating group) is 1. The standard InChI is InChI=1S/C23H30N6O4/c1-14-15(12-27-28(14)3)7-19(25-2)22(32)29(13-30)16-8-23(9-16)10-17(11-23)33-21-18(20(24)31)5-4-6-26-21/h4-6,12-13,16-17,19,25H,7-11H2,1-3H3,(H2,24,31). The van der Waals surface area contributed by atoms with Crippen LogP contribution < -0.4 is 15.8 Å². The Hall–Kier alpha value is -3.27. The maximum Gasteiger partial charge on any atom is 0.254 e. The molecular formula is C23H30N6O4. The summed E-state index contributed by atoms with van der Waals surface area (Å²) in [7, 11) is 3.59. The van der Waals surface area contributed by atoms with E-state index < -0.39 is 11.9 Å². The minimum Gasteiger partial charge on any atom is -0.474 e. The lowest BCUT2D eigenvalue weighted by molar-refractivity contribution is -0.156. The second-order valence-corrected chi connectivity index (χ2v) is 9.21. The Morgan fingerprint density at radius 1 is 1.39 bits per heavy atom. The van der Waals surface area contributed by atoms with E-state index in [0.717, 1.165) is 36.9 Å². The number of imide groups is 1. The van der Waals surface area contributed by atoms with Gasteiger partial charge in [-0.25, -0.2) is 4.98 Å². The Balaban J connectivity index is 1.32. The van der Waals surface area contributed by atoms with Gasteiger partial charge in [0.05, 0.1) is 12.2 Å². The van der Waals surface area contributed by atoms with Gasteiger partial charge in [-0.15, -0.1) is 0 Å². The van der Waals surface area contributed by atoms with Crippen LogP contribution in [0, 0.1) is 12.3 Å². The smallest absolute Gasteiger partial charge is 0.254 e. The molecule has 4 rings (SSSR count). The van der Waals surface area contributed by atoms with Crippen molar-refractivity contribution >= 4 is 18.2 Å². The summed E-state index contributed by atoms with van der Waals surface area (Å²) >= 11 is 0. The summed E-state index contributed by atoms with van der Waals surface area (Å²) < 4.78 is 7.67. The van der Waals surface area contributed by atoms with Crippen LogP contribution in [0.3, 0.4) is 0 Å². The van der Waals surface area contributed by atoms with Crippen molar-refractivity contribution in [3.05, 3.63) is 41.3 Å². The number of nitrogens with one attached hydrogen (secondary N) is 1. The predicted octanol–water partition coefficient (Wildman–Crippen LogP) is 0.728. The molecule has 1 unspecified atom stereocenters. The van der Waals surface area contributed by atoms with Gasteiger partial charge in [0, 0.05) is 31.4 Å². The molecule has 0 saturated heterocycles. The molecule has 3 N–H and O–H groups in total. The molecule has 2 aliphatic rings. The molecule has 0 aliphatic heterocycles. The summed E-state index contributed by atoms with van der Waals surface area (Å²) in [6.45, 7) is 1.96. The molecule has 33 heavy (non-hydrogen) atoms. The van der Waals surface area contributed by atoms with Crippen molar-refractivity contribution in [2.24, 2.45) is 18.2 Å². The van der Waals surface area contributed by atoms with E-state index in [1.807, 2.05) is 14.0 Å². The molecule has 1 atom stereocenters. The van der Waals surface area contributed by atoms with Gasteiger partial charge in [-0.05, 0) is 62.8 Å². The molecule has 2 aromatic rings. The molecule has 2 saturated carbocycles. The molecule has 1 spiro atoms. The number of amides is 3. The average molecular weight is 455 g/mol. The second kappa shape index (κ2) is 8.93. The average Bonchev–Trinajstić information content (AvgIpc) is 3.06. The zero-order valence-corrected chi connectivity index (χ0v) is 19.2. The van der Waals surface area contributed by atoms with Crippen LogP contribution in [0.4, 0.5) is 0 Å². The van der Waals surface area contributed by atoms with Crippen molar-refractivity contribution in [1.29, 1.82) is 0 Å².